The molecule has 0 saturated carbocycles. The summed E-state index contributed by atoms with van der Waals surface area (Å²) in [5, 5.41) is 3.50. The summed E-state index contributed by atoms with van der Waals surface area (Å²) >= 11 is 0. The number of fused-ring (bicyclic) bond motifs is 2. The van der Waals surface area contributed by atoms with Crippen molar-refractivity contribution < 1.29 is 4.79 Å². The number of hydrogen-bond donors (Lipinski definition) is 1. The summed E-state index contributed by atoms with van der Waals surface area (Å²) in [7, 11) is 0. The van der Waals surface area contributed by atoms with Crippen LogP contribution in [0.25, 0.3) is 10.9 Å². The number of nitrogens with zero attached hydrogens (tertiary/aromatic N) is 2. The molecule has 2 heterocycles. The lowest BCUT2D eigenvalue weighted by atomic mass is 10.1. The zero-order valence-electron chi connectivity index (χ0n) is 16.2. The molecule has 0 spiro atoms. The smallest absolute Gasteiger partial charge is 0.261 e. The van der Waals surface area contributed by atoms with E-state index < -0.39 is 0 Å². The van der Waals surface area contributed by atoms with E-state index in [1.165, 1.54) is 12.0 Å². The van der Waals surface area contributed by atoms with Crippen LogP contribution in [0, 0.1) is 0 Å². The maximum absolute atomic E-state index is 12.9. The van der Waals surface area contributed by atoms with E-state index in [4.69, 9.17) is 4.98 Å². The average Bonchev–Trinajstić information content (AvgIpc) is 2.69. The Morgan fingerprint density at radius 3 is 2.64 bits per heavy atom. The third-order valence-electron chi connectivity index (χ3n) is 5.45. The first-order valence-electron chi connectivity index (χ1n) is 10.1. The normalized spacial score (nSPS) is 14.2. The molecule has 0 aliphatic carbocycles. The molecule has 0 radical (unpaired) electrons. The summed E-state index contributed by atoms with van der Waals surface area (Å²) in [5.41, 5.74) is 3.10. The van der Waals surface area contributed by atoms with Crippen molar-refractivity contribution in [2.45, 2.75) is 52.0 Å². The molecule has 0 saturated heterocycles. The van der Waals surface area contributed by atoms with Gasteiger partial charge in [0.1, 0.15) is 5.82 Å². The Morgan fingerprint density at radius 1 is 1.07 bits per heavy atom. The zero-order chi connectivity index (χ0) is 19.5. The van der Waals surface area contributed by atoms with E-state index in [-0.39, 0.29) is 11.5 Å². The molecule has 0 atom stereocenters. The van der Waals surface area contributed by atoms with Gasteiger partial charge in [0.05, 0.1) is 10.9 Å². The molecule has 1 N–H and O–H groups in total. The molecule has 1 amide bonds. The summed E-state index contributed by atoms with van der Waals surface area (Å²) in [4.78, 5) is 30.3. The molecular weight excluding hydrogens is 350 g/mol. The van der Waals surface area contributed by atoms with Gasteiger partial charge in [-0.25, -0.2) is 4.98 Å². The number of carbonyl (C=O) groups is 1. The van der Waals surface area contributed by atoms with E-state index >= 15 is 0 Å². The summed E-state index contributed by atoms with van der Waals surface area (Å²) in [5.74, 6) is 0.643. The van der Waals surface area contributed by atoms with Crippen LogP contribution in [0.15, 0.2) is 47.3 Å². The number of aryl methyl sites for hydroxylation is 2. The van der Waals surface area contributed by atoms with Crippen molar-refractivity contribution in [3.63, 3.8) is 0 Å². The van der Waals surface area contributed by atoms with Crippen LogP contribution in [0.2, 0.25) is 0 Å². The van der Waals surface area contributed by atoms with Crippen LogP contribution in [-0.4, -0.2) is 15.5 Å². The van der Waals surface area contributed by atoms with Crippen molar-refractivity contribution in [2.75, 3.05) is 5.32 Å². The van der Waals surface area contributed by atoms with Crippen molar-refractivity contribution in [1.82, 2.24) is 9.55 Å². The number of amides is 1. The van der Waals surface area contributed by atoms with E-state index in [2.05, 4.69) is 12.2 Å². The van der Waals surface area contributed by atoms with Gasteiger partial charge in [0.15, 0.2) is 0 Å². The molecule has 5 nitrogen and oxygen atoms in total. The number of nitrogens with one attached hydrogen (secondary N) is 1. The third-order valence-corrected chi connectivity index (χ3v) is 5.45. The molecule has 4 rings (SSSR count). The van der Waals surface area contributed by atoms with Crippen molar-refractivity contribution in [2.24, 2.45) is 0 Å². The Balaban J connectivity index is 1.65. The van der Waals surface area contributed by atoms with E-state index in [0.29, 0.717) is 16.5 Å². The van der Waals surface area contributed by atoms with Crippen LogP contribution in [-0.2, 0) is 19.4 Å². The van der Waals surface area contributed by atoms with Gasteiger partial charge in [-0.1, -0.05) is 31.9 Å². The molecule has 1 aliphatic rings. The van der Waals surface area contributed by atoms with Gasteiger partial charge in [0.25, 0.3) is 11.5 Å². The minimum absolute atomic E-state index is 0.00372. The van der Waals surface area contributed by atoms with Gasteiger partial charge >= 0.3 is 0 Å². The van der Waals surface area contributed by atoms with Crippen LogP contribution >= 0.6 is 0 Å². The second-order valence-electron chi connectivity index (χ2n) is 7.39. The zero-order valence-corrected chi connectivity index (χ0v) is 16.2. The van der Waals surface area contributed by atoms with E-state index in [1.54, 1.807) is 18.2 Å². The van der Waals surface area contributed by atoms with Gasteiger partial charge in [-0.15, -0.1) is 0 Å². The highest BCUT2D eigenvalue weighted by Gasteiger charge is 2.15. The highest BCUT2D eigenvalue weighted by atomic mass is 16.1. The van der Waals surface area contributed by atoms with E-state index in [9.17, 15) is 9.59 Å². The second kappa shape index (κ2) is 7.97. The third kappa shape index (κ3) is 3.70. The summed E-state index contributed by atoms with van der Waals surface area (Å²) < 4.78 is 1.82. The Bertz CT molecular complexity index is 1070. The van der Waals surface area contributed by atoms with Crippen molar-refractivity contribution in [1.29, 1.82) is 0 Å². The maximum Gasteiger partial charge on any atom is 0.261 e. The first-order chi connectivity index (χ1) is 13.7. The molecule has 0 fully saturated rings. The summed E-state index contributed by atoms with van der Waals surface area (Å²) in [6.45, 7) is 2.83. The molecule has 28 heavy (non-hydrogen) atoms. The van der Waals surface area contributed by atoms with E-state index in [1.807, 2.05) is 28.8 Å². The van der Waals surface area contributed by atoms with Gasteiger partial charge in [-0.3, -0.25) is 14.2 Å². The van der Waals surface area contributed by atoms with Crippen molar-refractivity contribution in [3.05, 3.63) is 69.8 Å². The minimum atomic E-state index is -0.195. The Hall–Kier alpha value is -2.95. The Kier molecular flexibility index (Phi) is 5.24. The van der Waals surface area contributed by atoms with Crippen LogP contribution in [0.1, 0.15) is 54.4 Å². The molecule has 1 aliphatic heterocycles. The summed E-state index contributed by atoms with van der Waals surface area (Å²) in [6, 6.07) is 13.0. The van der Waals surface area contributed by atoms with E-state index in [0.717, 1.165) is 50.2 Å². The van der Waals surface area contributed by atoms with Crippen LogP contribution in [0.3, 0.4) is 0 Å². The molecule has 1 aromatic heterocycles. The number of benzene rings is 2. The van der Waals surface area contributed by atoms with Gasteiger partial charge < -0.3 is 5.32 Å². The Morgan fingerprint density at radius 2 is 1.86 bits per heavy atom. The lowest BCUT2D eigenvalue weighted by Gasteiger charge is -2.16. The first-order valence-corrected chi connectivity index (χ1v) is 10.1. The predicted molar refractivity (Wildman–Crippen MR) is 112 cm³/mol. The fraction of sp³-hybridized carbons (Fsp3) is 0.348. The van der Waals surface area contributed by atoms with Crippen LogP contribution < -0.4 is 10.9 Å². The monoisotopic (exact) mass is 375 g/mol. The lowest BCUT2D eigenvalue weighted by molar-refractivity contribution is 0.102. The fourth-order valence-electron chi connectivity index (χ4n) is 3.76. The molecule has 2 aromatic carbocycles. The predicted octanol–water partition coefficient (Wildman–Crippen LogP) is 4.33. The second-order valence-corrected chi connectivity index (χ2v) is 7.39. The number of hydrogen-bond acceptors (Lipinski definition) is 3. The number of aromatic nitrogens is 2. The lowest BCUT2D eigenvalue weighted by Crippen LogP contribution is -2.26. The summed E-state index contributed by atoms with van der Waals surface area (Å²) in [6.07, 6.45) is 6.16. The molecular formula is C23H25N3O2. The topological polar surface area (TPSA) is 64.0 Å². The standard InChI is InChI=1S/C23H25N3O2/c1-2-16-8-11-18(12-9-16)24-22(27)17-10-13-19-20(15-17)25-21-7-5-3-4-6-14-26(21)23(19)28/h8-13,15H,2-7,14H2,1H3,(H,24,27). The number of rotatable bonds is 3. The average molecular weight is 375 g/mol. The highest BCUT2D eigenvalue weighted by Crippen LogP contribution is 2.18. The largest absolute Gasteiger partial charge is 0.322 e. The van der Waals surface area contributed by atoms with Gasteiger partial charge in [-0.2, -0.15) is 0 Å². The number of anilines is 1. The minimum Gasteiger partial charge on any atom is -0.322 e. The highest BCUT2D eigenvalue weighted by molar-refractivity contribution is 6.06. The molecule has 5 heteroatoms. The van der Waals surface area contributed by atoms with Crippen molar-refractivity contribution >= 4 is 22.5 Å². The van der Waals surface area contributed by atoms with Gasteiger partial charge in [-0.05, 0) is 55.2 Å². The molecule has 0 bridgehead atoms. The van der Waals surface area contributed by atoms with Crippen LogP contribution in [0.4, 0.5) is 5.69 Å². The first kappa shape index (κ1) is 18.4. The maximum atomic E-state index is 12.9. The van der Waals surface area contributed by atoms with Crippen molar-refractivity contribution in [3.8, 4) is 0 Å². The fourth-order valence-corrected chi connectivity index (χ4v) is 3.76. The molecule has 3 aromatic rings. The SMILES string of the molecule is CCc1ccc(NC(=O)c2ccc3c(=O)n4c(nc3c2)CCCCCC4)cc1. The Labute approximate surface area is 164 Å². The molecule has 144 valence electrons. The quantitative estimate of drug-likeness (QED) is 0.741. The van der Waals surface area contributed by atoms with Gasteiger partial charge in [0.2, 0.25) is 0 Å². The van der Waals surface area contributed by atoms with Gasteiger partial charge in [0, 0.05) is 24.2 Å². The molecule has 0 unspecified atom stereocenters. The van der Waals surface area contributed by atoms with Crippen LogP contribution in [0.5, 0.6) is 0 Å². The number of carbonyl (C=O) groups excluding carboxylic acids is 1.